The lowest BCUT2D eigenvalue weighted by Crippen LogP contribution is -2.24. The molecule has 0 N–H and O–H groups in total. The average Bonchev–Trinajstić information content (AvgIpc) is 3.72. The van der Waals surface area contributed by atoms with E-state index in [-0.39, 0.29) is 5.56 Å². The summed E-state index contributed by atoms with van der Waals surface area (Å²) in [7, 11) is 1.85. The molecule has 38 heavy (non-hydrogen) atoms. The maximum atomic E-state index is 12.5. The van der Waals surface area contributed by atoms with Gasteiger partial charge in [0.25, 0.3) is 5.56 Å². The Morgan fingerprint density at radius 2 is 1.63 bits per heavy atom. The minimum atomic E-state index is -0.162. The van der Waals surface area contributed by atoms with Crippen molar-refractivity contribution in [2.45, 2.75) is 25.9 Å². The first kappa shape index (κ1) is 23.9. The zero-order valence-corrected chi connectivity index (χ0v) is 21.3. The number of aromatic nitrogens is 8. The Hall–Kier alpha value is -4.44. The number of benzene rings is 1. The molecular formula is C28H29N9O. The van der Waals surface area contributed by atoms with Gasteiger partial charge in [-0.2, -0.15) is 15.3 Å². The van der Waals surface area contributed by atoms with Crippen LogP contribution in [0.3, 0.4) is 0 Å². The molecule has 10 nitrogen and oxygen atoms in total. The van der Waals surface area contributed by atoms with E-state index in [0.29, 0.717) is 18.1 Å². The molecule has 4 aromatic heterocycles. The number of aryl methyl sites for hydroxylation is 1. The topological polar surface area (TPSA) is 99.6 Å². The van der Waals surface area contributed by atoms with Crippen LogP contribution in [0.15, 0.2) is 78.4 Å². The quantitative estimate of drug-likeness (QED) is 0.318. The third kappa shape index (κ3) is 5.30. The van der Waals surface area contributed by atoms with Crippen LogP contribution >= 0.6 is 0 Å². The van der Waals surface area contributed by atoms with Crippen molar-refractivity contribution < 1.29 is 0 Å². The first-order valence-corrected chi connectivity index (χ1v) is 12.8. The summed E-state index contributed by atoms with van der Waals surface area (Å²) in [4.78, 5) is 24.2. The molecule has 6 rings (SSSR count). The van der Waals surface area contributed by atoms with Gasteiger partial charge in [0.15, 0.2) is 5.82 Å². The third-order valence-corrected chi connectivity index (χ3v) is 6.85. The maximum Gasteiger partial charge on any atom is 0.267 e. The van der Waals surface area contributed by atoms with Crippen molar-refractivity contribution in [1.29, 1.82) is 0 Å². The molecule has 5 aromatic rings. The molecule has 0 spiro atoms. The van der Waals surface area contributed by atoms with Gasteiger partial charge in [-0.25, -0.2) is 14.6 Å². The first-order valence-electron chi connectivity index (χ1n) is 12.8. The fourth-order valence-electron chi connectivity index (χ4n) is 4.76. The molecule has 0 bridgehead atoms. The van der Waals surface area contributed by atoms with Gasteiger partial charge in [0.05, 0.1) is 31.2 Å². The summed E-state index contributed by atoms with van der Waals surface area (Å²) in [5.41, 5.74) is 5.16. The zero-order chi connectivity index (χ0) is 25.9. The van der Waals surface area contributed by atoms with Gasteiger partial charge in [0, 0.05) is 66.7 Å². The molecular weight excluding hydrogens is 478 g/mol. The summed E-state index contributed by atoms with van der Waals surface area (Å²) < 4.78 is 5.17. The van der Waals surface area contributed by atoms with Crippen LogP contribution < -0.4 is 5.56 Å². The molecule has 1 aromatic carbocycles. The summed E-state index contributed by atoms with van der Waals surface area (Å²) in [6.45, 7) is 4.64. The van der Waals surface area contributed by atoms with E-state index in [1.807, 2.05) is 60.8 Å². The van der Waals surface area contributed by atoms with Crippen molar-refractivity contribution >= 4 is 0 Å². The third-order valence-electron chi connectivity index (χ3n) is 6.85. The maximum absolute atomic E-state index is 12.5. The van der Waals surface area contributed by atoms with Crippen LogP contribution in [0.5, 0.6) is 0 Å². The van der Waals surface area contributed by atoms with E-state index in [9.17, 15) is 4.79 Å². The predicted octanol–water partition coefficient (Wildman–Crippen LogP) is 3.11. The molecule has 0 amide bonds. The SMILES string of the molecule is Cn1cc(-c2ccc(=O)n(Cc3cccc(-c4ncc(-c5cnn(CCN6CCCC6)c5)cn4)c3)n2)cn1. The summed E-state index contributed by atoms with van der Waals surface area (Å²) in [5, 5.41) is 13.3. The molecule has 5 heterocycles. The molecule has 0 saturated carbocycles. The molecule has 0 unspecified atom stereocenters. The fourth-order valence-corrected chi connectivity index (χ4v) is 4.76. The molecule has 0 radical (unpaired) electrons. The Labute approximate surface area is 220 Å². The number of likely N-dealkylation sites (tertiary alicyclic amines) is 1. The van der Waals surface area contributed by atoms with Crippen molar-refractivity contribution in [1.82, 2.24) is 44.2 Å². The molecule has 192 valence electrons. The van der Waals surface area contributed by atoms with Crippen LogP contribution in [0.4, 0.5) is 0 Å². The highest BCUT2D eigenvalue weighted by molar-refractivity contribution is 5.62. The van der Waals surface area contributed by atoms with Gasteiger partial charge >= 0.3 is 0 Å². The van der Waals surface area contributed by atoms with Gasteiger partial charge in [-0.1, -0.05) is 18.2 Å². The van der Waals surface area contributed by atoms with Gasteiger partial charge in [-0.3, -0.25) is 14.2 Å². The largest absolute Gasteiger partial charge is 0.301 e. The van der Waals surface area contributed by atoms with E-state index in [0.717, 1.165) is 40.9 Å². The highest BCUT2D eigenvalue weighted by atomic mass is 16.1. The van der Waals surface area contributed by atoms with E-state index in [2.05, 4.69) is 36.4 Å². The van der Waals surface area contributed by atoms with E-state index in [1.165, 1.54) is 36.7 Å². The summed E-state index contributed by atoms with van der Waals surface area (Å²) in [5.74, 6) is 0.626. The van der Waals surface area contributed by atoms with Crippen molar-refractivity contribution in [3.8, 4) is 33.8 Å². The molecule has 0 aliphatic carbocycles. The molecule has 1 fully saturated rings. The second-order valence-corrected chi connectivity index (χ2v) is 9.65. The molecule has 1 saturated heterocycles. The average molecular weight is 508 g/mol. The van der Waals surface area contributed by atoms with Crippen LogP contribution in [0.25, 0.3) is 33.8 Å². The van der Waals surface area contributed by atoms with E-state index in [4.69, 9.17) is 0 Å². The van der Waals surface area contributed by atoms with Crippen LogP contribution in [-0.2, 0) is 20.1 Å². The molecule has 10 heteroatoms. The lowest BCUT2D eigenvalue weighted by molar-refractivity contribution is 0.316. The van der Waals surface area contributed by atoms with Gasteiger partial charge in [0.1, 0.15) is 0 Å². The minimum Gasteiger partial charge on any atom is -0.301 e. The fraction of sp³-hybridized carbons (Fsp3) is 0.286. The number of hydrogen-bond donors (Lipinski definition) is 0. The van der Waals surface area contributed by atoms with Crippen LogP contribution in [0, 0.1) is 0 Å². The highest BCUT2D eigenvalue weighted by Gasteiger charge is 2.12. The van der Waals surface area contributed by atoms with Crippen LogP contribution in [0.1, 0.15) is 18.4 Å². The Bertz CT molecular complexity index is 1590. The standard InChI is InChI=1S/C28H29N9O/c1-34-19-25(17-31-34)26-7-8-27(38)37(33-26)18-21-5-4-6-22(13-21)28-29-14-23(15-30-28)24-16-32-36(20-24)12-11-35-9-2-3-10-35/h4-8,13-17,19-20H,2-3,9-12,18H2,1H3. The lowest BCUT2D eigenvalue weighted by atomic mass is 10.1. The first-order chi connectivity index (χ1) is 18.6. The van der Waals surface area contributed by atoms with Crippen molar-refractivity contribution in [2.75, 3.05) is 19.6 Å². The van der Waals surface area contributed by atoms with Gasteiger partial charge in [-0.05, 0) is 43.6 Å². The lowest BCUT2D eigenvalue weighted by Gasteiger charge is -2.13. The monoisotopic (exact) mass is 507 g/mol. The van der Waals surface area contributed by atoms with Crippen LogP contribution in [0.2, 0.25) is 0 Å². The molecule has 1 aliphatic rings. The highest BCUT2D eigenvalue weighted by Crippen LogP contribution is 2.21. The Kier molecular flexibility index (Phi) is 6.62. The smallest absolute Gasteiger partial charge is 0.267 e. The van der Waals surface area contributed by atoms with Crippen LogP contribution in [-0.4, -0.2) is 63.8 Å². The van der Waals surface area contributed by atoms with Gasteiger partial charge in [0.2, 0.25) is 0 Å². The normalized spacial score (nSPS) is 13.8. The number of rotatable bonds is 8. The Morgan fingerprint density at radius 1 is 0.816 bits per heavy atom. The summed E-state index contributed by atoms with van der Waals surface area (Å²) >= 11 is 0. The zero-order valence-electron chi connectivity index (χ0n) is 21.3. The molecule has 1 aliphatic heterocycles. The Balaban J connectivity index is 1.16. The van der Waals surface area contributed by atoms with E-state index < -0.39 is 0 Å². The molecule has 0 atom stereocenters. The van der Waals surface area contributed by atoms with Crippen molar-refractivity contribution in [3.63, 3.8) is 0 Å². The number of nitrogens with zero attached hydrogens (tertiary/aromatic N) is 9. The summed E-state index contributed by atoms with van der Waals surface area (Å²) in [6.07, 6.45) is 13.8. The predicted molar refractivity (Wildman–Crippen MR) is 144 cm³/mol. The Morgan fingerprint density at radius 3 is 2.42 bits per heavy atom. The second kappa shape index (κ2) is 10.5. The van der Waals surface area contributed by atoms with E-state index >= 15 is 0 Å². The van der Waals surface area contributed by atoms with Crippen molar-refractivity contribution in [2.24, 2.45) is 7.05 Å². The van der Waals surface area contributed by atoms with E-state index in [1.54, 1.807) is 16.9 Å². The minimum absolute atomic E-state index is 0.162. The van der Waals surface area contributed by atoms with Gasteiger partial charge < -0.3 is 4.90 Å². The summed E-state index contributed by atoms with van der Waals surface area (Å²) in [6, 6.07) is 11.1. The van der Waals surface area contributed by atoms with Gasteiger partial charge in [-0.15, -0.1) is 0 Å². The second-order valence-electron chi connectivity index (χ2n) is 9.65. The number of hydrogen-bond acceptors (Lipinski definition) is 7. The van der Waals surface area contributed by atoms with Crippen molar-refractivity contribution in [3.05, 3.63) is 89.5 Å².